The van der Waals surface area contributed by atoms with E-state index in [4.69, 9.17) is 11.6 Å². The molecule has 0 nitrogen and oxygen atoms in total. The fourth-order valence-electron chi connectivity index (χ4n) is 2.04. The van der Waals surface area contributed by atoms with Crippen molar-refractivity contribution in [1.82, 2.24) is 0 Å². The van der Waals surface area contributed by atoms with Crippen molar-refractivity contribution in [3.8, 4) is 0 Å². The van der Waals surface area contributed by atoms with E-state index in [1.165, 1.54) is 15.9 Å². The summed E-state index contributed by atoms with van der Waals surface area (Å²) in [7, 11) is -1.20. The van der Waals surface area contributed by atoms with E-state index in [-0.39, 0.29) is 0 Å². The Labute approximate surface area is 110 Å². The summed E-state index contributed by atoms with van der Waals surface area (Å²) in [6.45, 7) is 2.18. The standard InChI is InChI=1S/C15H17ClSi/c1-2-13-8-10-15(11-9-13)17(12-16)14-6-4-3-5-7-14/h3-11,17H,2,12H2,1H3. The zero-order valence-electron chi connectivity index (χ0n) is 10.1. The van der Waals surface area contributed by atoms with Crippen molar-refractivity contribution in [2.24, 2.45) is 0 Å². The maximum absolute atomic E-state index is 6.17. The van der Waals surface area contributed by atoms with Gasteiger partial charge in [-0.3, -0.25) is 0 Å². The lowest BCUT2D eigenvalue weighted by molar-refractivity contribution is 1.14. The Bertz CT molecular complexity index is 450. The van der Waals surface area contributed by atoms with Crippen molar-refractivity contribution >= 4 is 30.8 Å². The Hall–Kier alpha value is -1.05. The Morgan fingerprint density at radius 1 is 0.882 bits per heavy atom. The molecule has 2 aromatic carbocycles. The molecule has 0 amide bonds. The lowest BCUT2D eigenvalue weighted by Crippen LogP contribution is -2.44. The molecule has 2 rings (SSSR count). The van der Waals surface area contributed by atoms with Crippen molar-refractivity contribution < 1.29 is 0 Å². The van der Waals surface area contributed by atoms with Crippen LogP contribution in [-0.4, -0.2) is 14.3 Å². The summed E-state index contributed by atoms with van der Waals surface area (Å²) in [5.41, 5.74) is 2.15. The minimum absolute atomic E-state index is 0.759. The number of benzene rings is 2. The highest BCUT2D eigenvalue weighted by Crippen LogP contribution is 2.00. The van der Waals surface area contributed by atoms with Gasteiger partial charge in [0.2, 0.25) is 0 Å². The predicted octanol–water partition coefficient (Wildman–Crippen LogP) is 2.37. The average molecular weight is 261 g/mol. The van der Waals surface area contributed by atoms with Crippen LogP contribution in [0.15, 0.2) is 54.6 Å². The second-order valence-electron chi connectivity index (χ2n) is 4.21. The smallest absolute Gasteiger partial charge is 0.117 e. The predicted molar refractivity (Wildman–Crippen MR) is 79.4 cm³/mol. The van der Waals surface area contributed by atoms with E-state index in [0.29, 0.717) is 0 Å². The Morgan fingerprint density at radius 3 is 2.00 bits per heavy atom. The third-order valence-electron chi connectivity index (χ3n) is 3.15. The normalized spacial score (nSPS) is 12.4. The van der Waals surface area contributed by atoms with Gasteiger partial charge in [-0.1, -0.05) is 71.9 Å². The van der Waals surface area contributed by atoms with Crippen LogP contribution in [0.1, 0.15) is 12.5 Å². The van der Waals surface area contributed by atoms with E-state index >= 15 is 0 Å². The molecule has 88 valence electrons. The first-order valence-electron chi connectivity index (χ1n) is 6.05. The first-order chi connectivity index (χ1) is 8.35. The van der Waals surface area contributed by atoms with Crippen LogP contribution in [0.25, 0.3) is 0 Å². The summed E-state index contributed by atoms with van der Waals surface area (Å²) in [5, 5.41) is 2.86. The Morgan fingerprint density at radius 2 is 1.47 bits per heavy atom. The Kier molecular flexibility index (Phi) is 4.40. The third-order valence-corrected chi connectivity index (χ3v) is 6.76. The molecule has 0 radical (unpaired) electrons. The van der Waals surface area contributed by atoms with Crippen LogP contribution in [0.5, 0.6) is 0 Å². The third kappa shape index (κ3) is 2.99. The van der Waals surface area contributed by atoms with Gasteiger partial charge < -0.3 is 0 Å². The van der Waals surface area contributed by atoms with E-state index in [9.17, 15) is 0 Å². The minimum Gasteiger partial charge on any atom is -0.130 e. The lowest BCUT2D eigenvalue weighted by Gasteiger charge is -2.13. The summed E-state index contributed by atoms with van der Waals surface area (Å²) in [4.78, 5) is 0. The van der Waals surface area contributed by atoms with Gasteiger partial charge in [-0.05, 0) is 12.0 Å². The van der Waals surface area contributed by atoms with E-state index < -0.39 is 8.80 Å². The molecule has 0 bridgehead atoms. The summed E-state index contributed by atoms with van der Waals surface area (Å²) in [6.07, 6.45) is 1.10. The largest absolute Gasteiger partial charge is 0.130 e. The molecule has 2 aromatic rings. The second kappa shape index (κ2) is 6.04. The molecule has 0 saturated carbocycles. The van der Waals surface area contributed by atoms with E-state index in [1.54, 1.807) is 0 Å². The van der Waals surface area contributed by atoms with Gasteiger partial charge in [-0.15, -0.1) is 11.6 Å². The number of alkyl halides is 1. The van der Waals surface area contributed by atoms with Gasteiger partial charge in [0.05, 0.1) is 0 Å². The molecule has 0 aliphatic rings. The van der Waals surface area contributed by atoms with E-state index in [0.717, 1.165) is 11.9 Å². The number of hydrogen-bond acceptors (Lipinski definition) is 0. The zero-order valence-corrected chi connectivity index (χ0v) is 12.0. The summed E-state index contributed by atoms with van der Waals surface area (Å²) < 4.78 is 0. The molecule has 1 unspecified atom stereocenters. The average Bonchev–Trinajstić information content (AvgIpc) is 2.42. The molecule has 0 heterocycles. The molecular weight excluding hydrogens is 244 g/mol. The maximum Gasteiger partial charge on any atom is 0.117 e. The number of aryl methyl sites for hydroxylation is 1. The summed E-state index contributed by atoms with van der Waals surface area (Å²) in [6, 6.07) is 19.6. The molecule has 0 fully saturated rings. The van der Waals surface area contributed by atoms with Crippen molar-refractivity contribution in [3.05, 3.63) is 60.2 Å². The number of hydrogen-bond donors (Lipinski definition) is 0. The molecule has 2 heteroatoms. The Balaban J connectivity index is 2.29. The molecule has 17 heavy (non-hydrogen) atoms. The van der Waals surface area contributed by atoms with Gasteiger partial charge in [-0.2, -0.15) is 0 Å². The molecule has 0 aromatic heterocycles. The second-order valence-corrected chi connectivity index (χ2v) is 7.89. The highest BCUT2D eigenvalue weighted by molar-refractivity contribution is 6.89. The van der Waals surface area contributed by atoms with Crippen LogP contribution in [0.3, 0.4) is 0 Å². The number of rotatable bonds is 4. The quantitative estimate of drug-likeness (QED) is 0.585. The van der Waals surface area contributed by atoms with Crippen LogP contribution < -0.4 is 10.4 Å². The van der Waals surface area contributed by atoms with Gasteiger partial charge in [0.15, 0.2) is 0 Å². The lowest BCUT2D eigenvalue weighted by atomic mass is 10.2. The van der Waals surface area contributed by atoms with Crippen molar-refractivity contribution in [2.75, 3.05) is 5.50 Å². The SMILES string of the molecule is CCc1ccc([SiH](CCl)c2ccccc2)cc1. The highest BCUT2D eigenvalue weighted by Gasteiger charge is 2.14. The van der Waals surface area contributed by atoms with Crippen molar-refractivity contribution in [2.45, 2.75) is 13.3 Å². The van der Waals surface area contributed by atoms with Crippen molar-refractivity contribution in [3.63, 3.8) is 0 Å². The summed E-state index contributed by atoms with van der Waals surface area (Å²) >= 11 is 6.17. The molecule has 0 aliphatic carbocycles. The zero-order chi connectivity index (χ0) is 12.1. The van der Waals surface area contributed by atoms with Gasteiger partial charge in [-0.25, -0.2) is 0 Å². The monoisotopic (exact) mass is 260 g/mol. The van der Waals surface area contributed by atoms with Gasteiger partial charge in [0.1, 0.15) is 8.80 Å². The van der Waals surface area contributed by atoms with Crippen LogP contribution >= 0.6 is 11.6 Å². The number of halogens is 1. The van der Waals surface area contributed by atoms with Crippen LogP contribution in [0.2, 0.25) is 0 Å². The molecule has 0 aliphatic heterocycles. The fraction of sp³-hybridized carbons (Fsp3) is 0.200. The fourth-order valence-corrected chi connectivity index (χ4v) is 5.20. The highest BCUT2D eigenvalue weighted by atomic mass is 35.5. The van der Waals surface area contributed by atoms with Crippen molar-refractivity contribution in [1.29, 1.82) is 0 Å². The van der Waals surface area contributed by atoms with Gasteiger partial charge in [0.25, 0.3) is 0 Å². The van der Waals surface area contributed by atoms with Crippen LogP contribution in [-0.2, 0) is 6.42 Å². The van der Waals surface area contributed by atoms with Crippen LogP contribution in [0.4, 0.5) is 0 Å². The van der Waals surface area contributed by atoms with Gasteiger partial charge >= 0.3 is 0 Å². The first kappa shape index (κ1) is 12.4. The molecule has 1 atom stereocenters. The first-order valence-corrected chi connectivity index (χ1v) is 8.55. The van der Waals surface area contributed by atoms with Crippen LogP contribution in [0, 0.1) is 0 Å². The molecule has 0 saturated heterocycles. The van der Waals surface area contributed by atoms with Gasteiger partial charge in [0, 0.05) is 5.50 Å². The van der Waals surface area contributed by atoms with E-state index in [2.05, 4.69) is 61.5 Å². The summed E-state index contributed by atoms with van der Waals surface area (Å²) in [5.74, 6) is 0. The maximum atomic E-state index is 6.17. The molecule has 0 spiro atoms. The molecule has 0 N–H and O–H groups in total. The molecular formula is C15H17ClSi. The van der Waals surface area contributed by atoms with E-state index in [1.807, 2.05) is 0 Å². The minimum atomic E-state index is -1.20. The topological polar surface area (TPSA) is 0 Å².